The van der Waals surface area contributed by atoms with E-state index in [0.717, 1.165) is 12.0 Å². The molecule has 1 aromatic rings. The standard InChI is InChI=1S/C11H11N.C2H6/c1-3-7-11(12-2)10-8-5-4-6-9-10;1-2/h3-6,8-9,11H,1,7H2;1-2H3. The Morgan fingerprint density at radius 1 is 1.36 bits per heavy atom. The zero-order valence-corrected chi connectivity index (χ0v) is 8.90. The van der Waals surface area contributed by atoms with Crippen LogP contribution in [0.15, 0.2) is 43.0 Å². The molecule has 0 aliphatic carbocycles. The minimum atomic E-state index is -0.0521. The third kappa shape index (κ3) is 3.91. The lowest BCUT2D eigenvalue weighted by atomic mass is 10.1. The van der Waals surface area contributed by atoms with Gasteiger partial charge in [0, 0.05) is 12.0 Å². The van der Waals surface area contributed by atoms with E-state index in [0.29, 0.717) is 0 Å². The van der Waals surface area contributed by atoms with Crippen LogP contribution in [0.1, 0.15) is 31.9 Å². The highest BCUT2D eigenvalue weighted by Gasteiger charge is 2.11. The van der Waals surface area contributed by atoms with Crippen LogP contribution < -0.4 is 0 Å². The lowest BCUT2D eigenvalue weighted by Crippen LogP contribution is -1.89. The molecule has 0 aliphatic rings. The Hall–Kier alpha value is -1.55. The van der Waals surface area contributed by atoms with Gasteiger partial charge in [-0.15, -0.1) is 6.58 Å². The molecule has 0 N–H and O–H groups in total. The topological polar surface area (TPSA) is 4.36 Å². The van der Waals surface area contributed by atoms with Gasteiger partial charge in [-0.25, -0.2) is 6.57 Å². The molecule has 74 valence electrons. The third-order valence-electron chi connectivity index (χ3n) is 1.73. The summed E-state index contributed by atoms with van der Waals surface area (Å²) in [6, 6.07) is 9.77. The van der Waals surface area contributed by atoms with Crippen molar-refractivity contribution in [3.05, 3.63) is 60.0 Å². The quantitative estimate of drug-likeness (QED) is 0.492. The second-order valence-corrected chi connectivity index (χ2v) is 2.58. The van der Waals surface area contributed by atoms with Gasteiger partial charge in [-0.2, -0.15) is 0 Å². The van der Waals surface area contributed by atoms with E-state index in [1.54, 1.807) is 6.08 Å². The van der Waals surface area contributed by atoms with E-state index in [1.807, 2.05) is 44.2 Å². The molecule has 0 radical (unpaired) electrons. The highest BCUT2D eigenvalue weighted by molar-refractivity contribution is 5.21. The normalized spacial score (nSPS) is 10.4. The van der Waals surface area contributed by atoms with Crippen LogP contribution in [-0.4, -0.2) is 0 Å². The second-order valence-electron chi connectivity index (χ2n) is 2.58. The number of nitrogens with zero attached hydrogens (tertiary/aromatic N) is 1. The van der Waals surface area contributed by atoms with E-state index >= 15 is 0 Å². The first-order chi connectivity index (χ1) is 6.88. The predicted octanol–water partition coefficient (Wildman–Crippen LogP) is 4.25. The molecule has 0 fully saturated rings. The summed E-state index contributed by atoms with van der Waals surface area (Å²) >= 11 is 0. The molecular weight excluding hydrogens is 170 g/mol. The molecule has 1 atom stereocenters. The van der Waals surface area contributed by atoms with E-state index < -0.39 is 0 Å². The van der Waals surface area contributed by atoms with Gasteiger partial charge >= 0.3 is 0 Å². The van der Waals surface area contributed by atoms with Crippen molar-refractivity contribution in [1.29, 1.82) is 0 Å². The fraction of sp³-hybridized carbons (Fsp3) is 0.308. The van der Waals surface area contributed by atoms with Gasteiger partial charge < -0.3 is 4.85 Å². The number of rotatable bonds is 3. The maximum absolute atomic E-state index is 6.98. The van der Waals surface area contributed by atoms with Gasteiger partial charge in [-0.1, -0.05) is 50.3 Å². The Morgan fingerprint density at radius 3 is 2.36 bits per heavy atom. The predicted molar refractivity (Wildman–Crippen MR) is 61.9 cm³/mol. The van der Waals surface area contributed by atoms with Crippen LogP contribution in [0.25, 0.3) is 4.85 Å². The molecule has 0 bridgehead atoms. The number of benzene rings is 1. The monoisotopic (exact) mass is 187 g/mol. The number of hydrogen-bond acceptors (Lipinski definition) is 0. The van der Waals surface area contributed by atoms with E-state index in [-0.39, 0.29) is 6.04 Å². The van der Waals surface area contributed by atoms with Crippen molar-refractivity contribution in [2.24, 2.45) is 0 Å². The lowest BCUT2D eigenvalue weighted by Gasteiger charge is -2.00. The van der Waals surface area contributed by atoms with Crippen LogP contribution in [0.4, 0.5) is 0 Å². The fourth-order valence-corrected chi connectivity index (χ4v) is 1.10. The van der Waals surface area contributed by atoms with Crippen LogP contribution in [0.5, 0.6) is 0 Å². The first kappa shape index (κ1) is 12.4. The SMILES string of the molecule is CC.[C-]#[N+]C(CC=C)c1ccccc1. The highest BCUT2D eigenvalue weighted by atomic mass is 14.7. The van der Waals surface area contributed by atoms with Gasteiger partial charge in [0.05, 0.1) is 0 Å². The van der Waals surface area contributed by atoms with Gasteiger partial charge in [0.1, 0.15) is 0 Å². The summed E-state index contributed by atoms with van der Waals surface area (Å²) in [5.41, 5.74) is 1.08. The van der Waals surface area contributed by atoms with Gasteiger partial charge in [0.2, 0.25) is 0 Å². The van der Waals surface area contributed by atoms with Gasteiger partial charge in [-0.3, -0.25) is 0 Å². The molecule has 1 unspecified atom stereocenters. The summed E-state index contributed by atoms with van der Waals surface area (Å²) in [7, 11) is 0. The average Bonchev–Trinajstić information content (AvgIpc) is 2.30. The summed E-state index contributed by atoms with van der Waals surface area (Å²) in [6.45, 7) is 14.6. The van der Waals surface area contributed by atoms with Crippen LogP contribution in [0.3, 0.4) is 0 Å². The second kappa shape index (κ2) is 8.07. The first-order valence-corrected chi connectivity index (χ1v) is 4.91. The first-order valence-electron chi connectivity index (χ1n) is 4.91. The Morgan fingerprint density at radius 2 is 1.93 bits per heavy atom. The van der Waals surface area contributed by atoms with Crippen LogP contribution in [-0.2, 0) is 0 Å². The molecule has 14 heavy (non-hydrogen) atoms. The van der Waals surface area contributed by atoms with E-state index in [2.05, 4.69) is 11.4 Å². The molecule has 0 aliphatic heterocycles. The van der Waals surface area contributed by atoms with E-state index in [9.17, 15) is 0 Å². The lowest BCUT2D eigenvalue weighted by molar-refractivity contribution is 0.860. The average molecular weight is 187 g/mol. The minimum Gasteiger partial charge on any atom is -0.308 e. The van der Waals surface area contributed by atoms with Crippen molar-refractivity contribution in [2.75, 3.05) is 0 Å². The summed E-state index contributed by atoms with van der Waals surface area (Å²) in [6.07, 6.45) is 2.52. The van der Waals surface area contributed by atoms with Crippen molar-refractivity contribution in [3.63, 3.8) is 0 Å². The maximum atomic E-state index is 6.98. The summed E-state index contributed by atoms with van der Waals surface area (Å²) in [4.78, 5) is 3.53. The summed E-state index contributed by atoms with van der Waals surface area (Å²) in [5, 5.41) is 0. The Bertz CT molecular complexity index is 282. The molecule has 1 rings (SSSR count). The van der Waals surface area contributed by atoms with Gasteiger partial charge in [0.15, 0.2) is 0 Å². The van der Waals surface area contributed by atoms with E-state index in [4.69, 9.17) is 6.57 Å². The van der Waals surface area contributed by atoms with Crippen LogP contribution in [0.2, 0.25) is 0 Å². The molecule has 0 saturated carbocycles. The maximum Gasteiger partial charge on any atom is 0.252 e. The number of hydrogen-bond donors (Lipinski definition) is 0. The van der Waals surface area contributed by atoms with Crippen molar-refractivity contribution >= 4 is 0 Å². The zero-order valence-electron chi connectivity index (χ0n) is 8.90. The largest absolute Gasteiger partial charge is 0.308 e. The van der Waals surface area contributed by atoms with Crippen molar-refractivity contribution < 1.29 is 0 Å². The molecule has 0 spiro atoms. The van der Waals surface area contributed by atoms with Crippen LogP contribution in [0, 0.1) is 6.57 Å². The van der Waals surface area contributed by atoms with Crippen molar-refractivity contribution in [2.45, 2.75) is 26.3 Å². The van der Waals surface area contributed by atoms with Crippen molar-refractivity contribution in [1.82, 2.24) is 0 Å². The third-order valence-corrected chi connectivity index (χ3v) is 1.73. The minimum absolute atomic E-state index is 0.0521. The Labute approximate surface area is 86.9 Å². The highest BCUT2D eigenvalue weighted by Crippen LogP contribution is 2.20. The Balaban J connectivity index is 0.000000791. The summed E-state index contributed by atoms with van der Waals surface area (Å²) < 4.78 is 0. The van der Waals surface area contributed by atoms with Crippen molar-refractivity contribution in [3.8, 4) is 0 Å². The van der Waals surface area contributed by atoms with E-state index in [1.165, 1.54) is 0 Å². The van der Waals surface area contributed by atoms with Gasteiger partial charge in [0.25, 0.3) is 6.04 Å². The molecule has 0 amide bonds. The molecular formula is C13H17N. The summed E-state index contributed by atoms with van der Waals surface area (Å²) in [5.74, 6) is 0. The molecule has 1 aromatic carbocycles. The molecule has 0 aromatic heterocycles. The van der Waals surface area contributed by atoms with Crippen LogP contribution >= 0.6 is 0 Å². The molecule has 0 heterocycles. The molecule has 1 heteroatoms. The zero-order chi connectivity index (χ0) is 10.8. The fourth-order valence-electron chi connectivity index (χ4n) is 1.10. The van der Waals surface area contributed by atoms with Gasteiger partial charge in [-0.05, 0) is 0 Å². The molecule has 0 saturated heterocycles. The molecule has 1 nitrogen and oxygen atoms in total. The Kier molecular flexibility index (Phi) is 7.17. The smallest absolute Gasteiger partial charge is 0.252 e.